The highest BCUT2D eigenvalue weighted by atomic mass is 16.4. The number of imidazole rings is 1. The minimum Gasteiger partial charge on any atom is -0.477 e. The molecular formula is C6H5N3O2. The van der Waals surface area contributed by atoms with Gasteiger partial charge in [0.15, 0.2) is 0 Å². The van der Waals surface area contributed by atoms with E-state index in [2.05, 4.69) is 9.98 Å². The van der Waals surface area contributed by atoms with Crippen molar-refractivity contribution in [3.05, 3.63) is 11.9 Å². The fourth-order valence-electron chi connectivity index (χ4n) is 1.02. The molecule has 56 valence electrons. The maximum absolute atomic E-state index is 10.5. The third-order valence-electron chi connectivity index (χ3n) is 1.52. The van der Waals surface area contributed by atoms with Crippen molar-refractivity contribution >= 4 is 18.1 Å². The summed E-state index contributed by atoms with van der Waals surface area (Å²) in [5.74, 6) is -0.489. The quantitative estimate of drug-likeness (QED) is 0.627. The Bertz CT molecular complexity index is 340. The zero-order valence-corrected chi connectivity index (χ0v) is 5.56. The molecule has 0 aromatic carbocycles. The normalized spacial score (nSPS) is 13.5. The van der Waals surface area contributed by atoms with Crippen molar-refractivity contribution in [1.82, 2.24) is 9.55 Å². The Labute approximate surface area is 62.0 Å². The summed E-state index contributed by atoms with van der Waals surface area (Å²) in [4.78, 5) is 18.2. The van der Waals surface area contributed by atoms with Gasteiger partial charge in [-0.25, -0.2) is 14.8 Å². The largest absolute Gasteiger partial charge is 0.477 e. The third-order valence-corrected chi connectivity index (χ3v) is 1.52. The first kappa shape index (κ1) is 6.09. The Kier molecular flexibility index (Phi) is 1.06. The molecule has 2 heterocycles. The Morgan fingerprint density at radius 1 is 1.73 bits per heavy atom. The van der Waals surface area contributed by atoms with E-state index in [-0.39, 0.29) is 5.69 Å². The Hall–Kier alpha value is -1.65. The zero-order chi connectivity index (χ0) is 7.84. The molecule has 0 saturated carbocycles. The van der Waals surface area contributed by atoms with E-state index in [1.165, 1.54) is 6.20 Å². The molecule has 0 fully saturated rings. The zero-order valence-electron chi connectivity index (χ0n) is 5.56. The van der Waals surface area contributed by atoms with Crippen molar-refractivity contribution in [2.24, 2.45) is 4.99 Å². The van der Waals surface area contributed by atoms with Crippen LogP contribution < -0.4 is 0 Å². The lowest BCUT2D eigenvalue weighted by atomic mass is 10.5. The molecule has 1 aliphatic heterocycles. The molecule has 5 heteroatoms. The van der Waals surface area contributed by atoms with Gasteiger partial charge in [0, 0.05) is 6.21 Å². The highest BCUT2D eigenvalue weighted by molar-refractivity contribution is 5.87. The van der Waals surface area contributed by atoms with Crippen LogP contribution in [0, 0.1) is 0 Å². The number of carboxylic acid groups (broad SMARTS) is 1. The summed E-state index contributed by atoms with van der Waals surface area (Å²) in [6.07, 6.45) is 2.95. The molecule has 0 atom stereocenters. The van der Waals surface area contributed by atoms with Crippen molar-refractivity contribution in [3.63, 3.8) is 0 Å². The summed E-state index contributed by atoms with van der Waals surface area (Å²) in [6.45, 7) is 0.511. The first-order chi connectivity index (χ1) is 5.29. The van der Waals surface area contributed by atoms with Crippen LogP contribution in [-0.2, 0) is 6.54 Å². The molecule has 1 aromatic rings. The van der Waals surface area contributed by atoms with Crippen molar-refractivity contribution in [3.8, 4) is 0 Å². The Morgan fingerprint density at radius 3 is 3.27 bits per heavy atom. The van der Waals surface area contributed by atoms with Crippen LogP contribution in [-0.4, -0.2) is 26.8 Å². The molecule has 0 radical (unpaired) electrons. The van der Waals surface area contributed by atoms with Crippen LogP contribution >= 0.6 is 0 Å². The van der Waals surface area contributed by atoms with Gasteiger partial charge < -0.3 is 5.11 Å². The second-order valence-corrected chi connectivity index (χ2v) is 2.17. The van der Waals surface area contributed by atoms with Crippen LogP contribution in [0.15, 0.2) is 11.2 Å². The second-order valence-electron chi connectivity index (χ2n) is 2.17. The van der Waals surface area contributed by atoms with Gasteiger partial charge in [0.2, 0.25) is 5.95 Å². The highest BCUT2D eigenvalue weighted by Gasteiger charge is 2.16. The number of rotatable bonds is 1. The molecule has 0 amide bonds. The van der Waals surface area contributed by atoms with E-state index in [4.69, 9.17) is 5.11 Å². The molecule has 5 nitrogen and oxygen atoms in total. The Balaban J connectivity index is 2.55. The number of aliphatic imine (C=N–C) groups is 1. The second kappa shape index (κ2) is 1.91. The first-order valence-electron chi connectivity index (χ1n) is 3.10. The van der Waals surface area contributed by atoms with Gasteiger partial charge in [-0.15, -0.1) is 0 Å². The first-order valence-corrected chi connectivity index (χ1v) is 3.10. The molecule has 0 saturated heterocycles. The molecular weight excluding hydrogens is 146 g/mol. The number of hydrogen-bond acceptors (Lipinski definition) is 3. The monoisotopic (exact) mass is 151 g/mol. The number of hydrogen-bond donors (Lipinski definition) is 1. The smallest absolute Gasteiger partial charge is 0.354 e. The SMILES string of the molecule is O=C(O)c1cnc2n1CC=N2. The molecule has 0 bridgehead atoms. The maximum atomic E-state index is 10.5. The van der Waals surface area contributed by atoms with Gasteiger partial charge in [0.25, 0.3) is 0 Å². The van der Waals surface area contributed by atoms with Gasteiger partial charge in [0.1, 0.15) is 5.69 Å². The molecule has 0 unspecified atom stereocenters. The van der Waals surface area contributed by atoms with Crippen molar-refractivity contribution in [1.29, 1.82) is 0 Å². The van der Waals surface area contributed by atoms with Crippen molar-refractivity contribution in [2.75, 3.05) is 0 Å². The van der Waals surface area contributed by atoms with E-state index in [1.807, 2.05) is 0 Å². The average Bonchev–Trinajstić information content (AvgIpc) is 2.41. The number of carbonyl (C=O) groups is 1. The third kappa shape index (κ3) is 0.739. The summed E-state index contributed by atoms with van der Waals surface area (Å²) in [7, 11) is 0. The topological polar surface area (TPSA) is 67.5 Å². The molecule has 0 spiro atoms. The Morgan fingerprint density at radius 2 is 2.55 bits per heavy atom. The average molecular weight is 151 g/mol. The lowest BCUT2D eigenvalue weighted by Crippen LogP contribution is -2.05. The molecule has 0 aliphatic carbocycles. The van der Waals surface area contributed by atoms with Gasteiger partial charge in [-0.3, -0.25) is 4.57 Å². The van der Waals surface area contributed by atoms with Crippen molar-refractivity contribution in [2.45, 2.75) is 6.54 Å². The number of carboxylic acids is 1. The van der Waals surface area contributed by atoms with E-state index >= 15 is 0 Å². The predicted octanol–water partition coefficient (Wildman–Crippen LogP) is 0.297. The van der Waals surface area contributed by atoms with Gasteiger partial charge in [0.05, 0.1) is 12.7 Å². The van der Waals surface area contributed by atoms with E-state index in [0.717, 1.165) is 0 Å². The van der Waals surface area contributed by atoms with E-state index in [9.17, 15) is 4.79 Å². The molecule has 11 heavy (non-hydrogen) atoms. The van der Waals surface area contributed by atoms with E-state index < -0.39 is 5.97 Å². The van der Waals surface area contributed by atoms with Gasteiger partial charge in [-0.05, 0) is 0 Å². The van der Waals surface area contributed by atoms with E-state index in [1.54, 1.807) is 10.8 Å². The summed E-state index contributed by atoms with van der Waals surface area (Å²) >= 11 is 0. The van der Waals surface area contributed by atoms with Crippen molar-refractivity contribution < 1.29 is 9.90 Å². The number of fused-ring (bicyclic) bond motifs is 1. The lowest BCUT2D eigenvalue weighted by molar-refractivity contribution is 0.0686. The number of aromatic nitrogens is 2. The molecule has 1 aromatic heterocycles. The predicted molar refractivity (Wildman–Crippen MR) is 37.3 cm³/mol. The van der Waals surface area contributed by atoms with Crippen LogP contribution in [0.3, 0.4) is 0 Å². The minimum absolute atomic E-state index is 0.192. The van der Waals surface area contributed by atoms with Gasteiger partial charge in [-0.2, -0.15) is 0 Å². The molecule has 2 rings (SSSR count). The van der Waals surface area contributed by atoms with Gasteiger partial charge in [-0.1, -0.05) is 0 Å². The summed E-state index contributed by atoms with van der Waals surface area (Å²) in [5, 5.41) is 8.62. The fourth-order valence-corrected chi connectivity index (χ4v) is 1.02. The fraction of sp³-hybridized carbons (Fsp3) is 0.167. The minimum atomic E-state index is -0.964. The summed E-state index contributed by atoms with van der Waals surface area (Å²) in [6, 6.07) is 0. The molecule has 1 N–H and O–H groups in total. The van der Waals surface area contributed by atoms with Crippen LogP contribution in [0.1, 0.15) is 10.5 Å². The highest BCUT2D eigenvalue weighted by Crippen LogP contribution is 2.16. The van der Waals surface area contributed by atoms with Crippen LogP contribution in [0.2, 0.25) is 0 Å². The number of nitrogens with zero attached hydrogens (tertiary/aromatic N) is 3. The van der Waals surface area contributed by atoms with Crippen LogP contribution in [0.25, 0.3) is 0 Å². The summed E-state index contributed by atoms with van der Waals surface area (Å²) < 4.78 is 1.54. The van der Waals surface area contributed by atoms with Gasteiger partial charge >= 0.3 is 5.97 Å². The van der Waals surface area contributed by atoms with Crippen LogP contribution in [0.4, 0.5) is 5.95 Å². The van der Waals surface area contributed by atoms with Crippen LogP contribution in [0.5, 0.6) is 0 Å². The molecule has 1 aliphatic rings. The van der Waals surface area contributed by atoms with E-state index in [0.29, 0.717) is 12.5 Å². The lowest BCUT2D eigenvalue weighted by Gasteiger charge is -1.95. The standard InChI is InChI=1S/C6H5N3O2/c10-5(11)4-3-8-6-7-1-2-9(4)6/h1,3H,2H2,(H,10,11). The maximum Gasteiger partial charge on any atom is 0.354 e. The number of aromatic carboxylic acids is 1. The summed E-state index contributed by atoms with van der Waals surface area (Å²) in [5.41, 5.74) is 0.192.